The third kappa shape index (κ3) is 45.3. The summed E-state index contributed by atoms with van der Waals surface area (Å²) in [6, 6.07) is 0. The molecule has 0 aliphatic carbocycles. The van der Waals surface area contributed by atoms with Gasteiger partial charge >= 0.3 is 17.9 Å². The highest BCUT2D eigenvalue weighted by atomic mass is 16.6. The minimum atomic E-state index is -0.760. The molecule has 0 aliphatic rings. The fraction of sp³-hybridized carbons (Fsp3) is 0.941. The molecule has 0 rings (SSSR count). The Morgan fingerprint density at radius 3 is 0.860 bits per heavy atom. The normalized spacial score (nSPS) is 11.9. The maximum absolute atomic E-state index is 12.8. The van der Waals surface area contributed by atoms with Gasteiger partial charge in [0.15, 0.2) is 6.10 Å². The first kappa shape index (κ1) is 55.4. The number of carbonyl (C=O) groups is 3. The SMILES string of the molecule is CCCCCCCCCCCCCCCC(=O)OC[C@H](COC(=O)CCCCCCCCCCCCC)OC(=O)CCCCCCCCCCCCCCC(C)C. The van der Waals surface area contributed by atoms with Crippen LogP contribution in [0.2, 0.25) is 0 Å². The summed E-state index contributed by atoms with van der Waals surface area (Å²) in [4.78, 5) is 37.9. The third-order valence-electron chi connectivity index (χ3n) is 11.5. The number of carbonyl (C=O) groups excluding carboxylic acids is 3. The summed E-state index contributed by atoms with van der Waals surface area (Å²) in [5, 5.41) is 0. The first-order chi connectivity index (χ1) is 27.9. The van der Waals surface area contributed by atoms with Crippen molar-refractivity contribution in [2.75, 3.05) is 13.2 Å². The van der Waals surface area contributed by atoms with E-state index in [2.05, 4.69) is 27.7 Å². The molecule has 0 N–H and O–H groups in total. The molecule has 0 radical (unpaired) electrons. The maximum atomic E-state index is 12.8. The number of rotatable bonds is 46. The van der Waals surface area contributed by atoms with E-state index in [1.54, 1.807) is 0 Å². The first-order valence-corrected chi connectivity index (χ1v) is 25.4. The van der Waals surface area contributed by atoms with E-state index in [9.17, 15) is 14.4 Å². The van der Waals surface area contributed by atoms with E-state index in [4.69, 9.17) is 14.2 Å². The molecule has 6 heteroatoms. The topological polar surface area (TPSA) is 78.9 Å². The van der Waals surface area contributed by atoms with Crippen molar-refractivity contribution in [3.63, 3.8) is 0 Å². The second kappa shape index (κ2) is 45.5. The number of hydrogen-bond donors (Lipinski definition) is 0. The Bertz CT molecular complexity index is 857. The molecule has 0 aromatic carbocycles. The highest BCUT2D eigenvalue weighted by Gasteiger charge is 2.19. The van der Waals surface area contributed by atoms with Crippen LogP contribution in [0.5, 0.6) is 0 Å². The fourth-order valence-corrected chi connectivity index (χ4v) is 7.69. The fourth-order valence-electron chi connectivity index (χ4n) is 7.69. The van der Waals surface area contributed by atoms with E-state index in [0.29, 0.717) is 19.3 Å². The molecule has 338 valence electrons. The van der Waals surface area contributed by atoms with Crippen LogP contribution in [0.1, 0.15) is 285 Å². The van der Waals surface area contributed by atoms with Gasteiger partial charge in [-0.1, -0.05) is 246 Å². The quantitative estimate of drug-likeness (QED) is 0.0346. The van der Waals surface area contributed by atoms with Crippen molar-refractivity contribution in [2.24, 2.45) is 5.92 Å². The number of ether oxygens (including phenoxy) is 3. The molecule has 0 aliphatic heterocycles. The molecular weight excluding hydrogens is 709 g/mol. The highest BCUT2D eigenvalue weighted by molar-refractivity contribution is 5.71. The van der Waals surface area contributed by atoms with Crippen molar-refractivity contribution in [3.8, 4) is 0 Å². The lowest BCUT2D eigenvalue weighted by Gasteiger charge is -2.18. The van der Waals surface area contributed by atoms with Crippen molar-refractivity contribution in [2.45, 2.75) is 291 Å². The average Bonchev–Trinajstić information content (AvgIpc) is 3.19. The van der Waals surface area contributed by atoms with Gasteiger partial charge in [-0.2, -0.15) is 0 Å². The minimum absolute atomic E-state index is 0.0628. The third-order valence-corrected chi connectivity index (χ3v) is 11.5. The molecule has 0 amide bonds. The zero-order valence-electron chi connectivity index (χ0n) is 38.8. The van der Waals surface area contributed by atoms with Crippen LogP contribution in [0.3, 0.4) is 0 Å². The molecule has 57 heavy (non-hydrogen) atoms. The predicted octanol–water partition coefficient (Wildman–Crippen LogP) is 16.3. The molecule has 0 unspecified atom stereocenters. The first-order valence-electron chi connectivity index (χ1n) is 25.4. The van der Waals surface area contributed by atoms with Gasteiger partial charge in [-0.15, -0.1) is 0 Å². The van der Waals surface area contributed by atoms with Crippen LogP contribution in [-0.2, 0) is 28.6 Å². The second-order valence-corrected chi connectivity index (χ2v) is 17.9. The van der Waals surface area contributed by atoms with Crippen molar-refractivity contribution in [3.05, 3.63) is 0 Å². The van der Waals surface area contributed by atoms with Crippen molar-refractivity contribution < 1.29 is 28.6 Å². The summed E-state index contributed by atoms with van der Waals surface area (Å²) >= 11 is 0. The van der Waals surface area contributed by atoms with Gasteiger partial charge in [-0.3, -0.25) is 14.4 Å². The van der Waals surface area contributed by atoms with Gasteiger partial charge in [0.05, 0.1) is 0 Å². The van der Waals surface area contributed by atoms with Crippen LogP contribution >= 0.6 is 0 Å². The van der Waals surface area contributed by atoms with Crippen LogP contribution in [0.15, 0.2) is 0 Å². The summed E-state index contributed by atoms with van der Waals surface area (Å²) < 4.78 is 16.8. The summed E-state index contributed by atoms with van der Waals surface area (Å²) in [7, 11) is 0. The Balaban J connectivity index is 4.31. The summed E-state index contributed by atoms with van der Waals surface area (Å²) in [6.07, 6.45) is 46.5. The molecule has 0 fully saturated rings. The van der Waals surface area contributed by atoms with E-state index in [1.165, 1.54) is 180 Å². The lowest BCUT2D eigenvalue weighted by atomic mass is 10.0. The summed E-state index contributed by atoms with van der Waals surface area (Å²) in [6.45, 7) is 9.02. The highest BCUT2D eigenvalue weighted by Crippen LogP contribution is 2.17. The van der Waals surface area contributed by atoms with Gasteiger partial charge in [0.25, 0.3) is 0 Å². The predicted molar refractivity (Wildman–Crippen MR) is 243 cm³/mol. The van der Waals surface area contributed by atoms with Gasteiger partial charge in [-0.25, -0.2) is 0 Å². The Kier molecular flexibility index (Phi) is 44.2. The number of esters is 3. The Labute approximate surface area is 355 Å². The summed E-state index contributed by atoms with van der Waals surface area (Å²) in [5.41, 5.74) is 0. The smallest absolute Gasteiger partial charge is 0.306 e. The molecule has 0 spiro atoms. The van der Waals surface area contributed by atoms with Gasteiger partial charge in [0.1, 0.15) is 13.2 Å². The van der Waals surface area contributed by atoms with Crippen LogP contribution in [0.25, 0.3) is 0 Å². The monoisotopic (exact) mass is 807 g/mol. The standard InChI is InChI=1S/C51H98O6/c1-5-7-9-11-13-15-17-18-23-27-31-35-39-43-50(53)56-46-48(45-55-49(52)42-38-34-30-26-21-16-14-12-10-8-6-2)57-51(54)44-40-36-32-28-24-20-19-22-25-29-33-37-41-47(3)4/h47-48H,5-46H2,1-4H3/t48-/m0/s1. The number of hydrogen-bond acceptors (Lipinski definition) is 6. The van der Waals surface area contributed by atoms with Crippen LogP contribution in [0.4, 0.5) is 0 Å². The molecule has 0 aromatic heterocycles. The summed E-state index contributed by atoms with van der Waals surface area (Å²) in [5.74, 6) is -0.0138. The van der Waals surface area contributed by atoms with E-state index < -0.39 is 6.10 Å². The Morgan fingerprint density at radius 2 is 0.579 bits per heavy atom. The Morgan fingerprint density at radius 1 is 0.333 bits per heavy atom. The largest absolute Gasteiger partial charge is 0.462 e. The zero-order chi connectivity index (χ0) is 41.7. The van der Waals surface area contributed by atoms with Crippen LogP contribution in [0, 0.1) is 5.92 Å². The minimum Gasteiger partial charge on any atom is -0.462 e. The van der Waals surface area contributed by atoms with Crippen LogP contribution < -0.4 is 0 Å². The van der Waals surface area contributed by atoms with Gasteiger partial charge in [0, 0.05) is 19.3 Å². The lowest BCUT2D eigenvalue weighted by molar-refractivity contribution is -0.167. The molecule has 0 saturated carbocycles. The van der Waals surface area contributed by atoms with Crippen molar-refractivity contribution in [1.82, 2.24) is 0 Å². The van der Waals surface area contributed by atoms with E-state index in [-0.39, 0.29) is 31.1 Å². The number of unbranched alkanes of at least 4 members (excludes halogenated alkanes) is 33. The molecule has 1 atom stereocenters. The van der Waals surface area contributed by atoms with Gasteiger partial charge < -0.3 is 14.2 Å². The van der Waals surface area contributed by atoms with Crippen molar-refractivity contribution in [1.29, 1.82) is 0 Å². The van der Waals surface area contributed by atoms with Gasteiger partial charge in [-0.05, 0) is 25.2 Å². The van der Waals surface area contributed by atoms with E-state index in [0.717, 1.165) is 63.7 Å². The molecule has 6 nitrogen and oxygen atoms in total. The average molecular weight is 807 g/mol. The molecular formula is C51H98O6. The van der Waals surface area contributed by atoms with Gasteiger partial charge in [0.2, 0.25) is 0 Å². The maximum Gasteiger partial charge on any atom is 0.306 e. The molecule has 0 bridgehead atoms. The Hall–Kier alpha value is -1.59. The van der Waals surface area contributed by atoms with Crippen molar-refractivity contribution >= 4 is 17.9 Å². The second-order valence-electron chi connectivity index (χ2n) is 17.9. The van der Waals surface area contributed by atoms with Crippen LogP contribution in [-0.4, -0.2) is 37.2 Å². The molecule has 0 aromatic rings. The van der Waals surface area contributed by atoms with E-state index >= 15 is 0 Å². The zero-order valence-corrected chi connectivity index (χ0v) is 38.8. The van der Waals surface area contributed by atoms with E-state index in [1.807, 2.05) is 0 Å². The lowest BCUT2D eigenvalue weighted by Crippen LogP contribution is -2.30. The molecule has 0 heterocycles. The molecule has 0 saturated heterocycles.